The van der Waals surface area contributed by atoms with E-state index >= 15 is 0 Å². The lowest BCUT2D eigenvalue weighted by Gasteiger charge is -2.01. The van der Waals surface area contributed by atoms with Crippen LogP contribution in [0.1, 0.15) is 5.76 Å². The molecular weight excluding hydrogens is 152 g/mol. The fraction of sp³-hybridized carbons (Fsp3) is 0.429. The van der Waals surface area contributed by atoms with E-state index in [2.05, 4.69) is 0 Å². The van der Waals surface area contributed by atoms with Crippen LogP contribution in [0.5, 0.6) is 0 Å². The van der Waals surface area contributed by atoms with Crippen molar-refractivity contribution in [2.75, 3.05) is 5.88 Å². The first-order valence-corrected chi connectivity index (χ1v) is 3.63. The van der Waals surface area contributed by atoms with Gasteiger partial charge in [-0.05, 0) is 12.1 Å². The monoisotopic (exact) mass is 160 g/mol. The molecule has 0 radical (unpaired) electrons. The third-order valence-corrected chi connectivity index (χ3v) is 1.55. The maximum Gasteiger partial charge on any atom is 0.106 e. The fourth-order valence-corrected chi connectivity index (χ4v) is 0.825. The van der Waals surface area contributed by atoms with Crippen molar-refractivity contribution < 1.29 is 9.52 Å². The van der Waals surface area contributed by atoms with Gasteiger partial charge in [-0.15, -0.1) is 11.6 Å². The Morgan fingerprint density at radius 1 is 1.70 bits per heavy atom. The van der Waals surface area contributed by atoms with Gasteiger partial charge >= 0.3 is 0 Å². The molecule has 10 heavy (non-hydrogen) atoms. The highest BCUT2D eigenvalue weighted by Gasteiger charge is 2.04. The van der Waals surface area contributed by atoms with Gasteiger partial charge in [-0.1, -0.05) is 0 Å². The second-order valence-corrected chi connectivity index (χ2v) is 2.40. The van der Waals surface area contributed by atoms with Gasteiger partial charge in [0, 0.05) is 12.3 Å². The number of hydrogen-bond acceptors (Lipinski definition) is 2. The first kappa shape index (κ1) is 7.63. The Morgan fingerprint density at radius 2 is 2.50 bits per heavy atom. The van der Waals surface area contributed by atoms with Gasteiger partial charge in [0.2, 0.25) is 0 Å². The third kappa shape index (κ3) is 2.05. The minimum atomic E-state index is -0.493. The van der Waals surface area contributed by atoms with Gasteiger partial charge in [0.25, 0.3) is 0 Å². The average molecular weight is 161 g/mol. The normalized spacial score (nSPS) is 13.4. The Bertz CT molecular complexity index is 172. The van der Waals surface area contributed by atoms with Crippen LogP contribution < -0.4 is 0 Å². The van der Waals surface area contributed by atoms with Crippen LogP contribution in [0, 0.1) is 0 Å². The Hall–Kier alpha value is -0.470. The zero-order valence-corrected chi connectivity index (χ0v) is 6.21. The number of alkyl halides is 1. The molecule has 0 aliphatic carbocycles. The van der Waals surface area contributed by atoms with E-state index in [1.165, 1.54) is 0 Å². The number of aliphatic hydroxyl groups excluding tert-OH is 1. The van der Waals surface area contributed by atoms with E-state index in [9.17, 15) is 0 Å². The molecule has 1 unspecified atom stereocenters. The molecule has 0 aromatic carbocycles. The summed E-state index contributed by atoms with van der Waals surface area (Å²) in [6.07, 6.45) is 1.58. The summed E-state index contributed by atoms with van der Waals surface area (Å²) in [6.45, 7) is 0. The maximum atomic E-state index is 9.04. The van der Waals surface area contributed by atoms with Crippen LogP contribution >= 0.6 is 11.6 Å². The molecule has 1 heterocycles. The quantitative estimate of drug-likeness (QED) is 0.679. The van der Waals surface area contributed by atoms with E-state index in [0.29, 0.717) is 6.42 Å². The van der Waals surface area contributed by atoms with Gasteiger partial charge in [0.05, 0.1) is 12.4 Å². The molecule has 56 valence electrons. The van der Waals surface area contributed by atoms with Crippen molar-refractivity contribution in [2.45, 2.75) is 12.5 Å². The molecule has 1 rings (SSSR count). The number of aliphatic hydroxyl groups is 1. The lowest BCUT2D eigenvalue weighted by atomic mass is 10.2. The largest absolute Gasteiger partial charge is 0.469 e. The highest BCUT2D eigenvalue weighted by atomic mass is 35.5. The van der Waals surface area contributed by atoms with Gasteiger partial charge in [-0.25, -0.2) is 0 Å². The van der Waals surface area contributed by atoms with Crippen LogP contribution in [0.25, 0.3) is 0 Å². The van der Waals surface area contributed by atoms with Crippen LogP contribution in [0.15, 0.2) is 22.8 Å². The predicted octanol–water partition coefficient (Wildman–Crippen LogP) is 1.42. The summed E-state index contributed by atoms with van der Waals surface area (Å²) in [5, 5.41) is 9.04. The lowest BCUT2D eigenvalue weighted by molar-refractivity contribution is 0.190. The van der Waals surface area contributed by atoms with Crippen molar-refractivity contribution in [3.05, 3.63) is 24.2 Å². The van der Waals surface area contributed by atoms with E-state index in [-0.39, 0.29) is 5.88 Å². The fourth-order valence-electron chi connectivity index (χ4n) is 0.716. The van der Waals surface area contributed by atoms with Gasteiger partial charge in [-0.3, -0.25) is 0 Å². The van der Waals surface area contributed by atoms with Crippen molar-refractivity contribution in [2.24, 2.45) is 0 Å². The molecule has 0 aliphatic rings. The number of halogens is 1. The summed E-state index contributed by atoms with van der Waals surface area (Å²) in [5.41, 5.74) is 0. The minimum absolute atomic E-state index is 0.251. The van der Waals surface area contributed by atoms with Crippen LogP contribution in [0.2, 0.25) is 0 Å². The highest BCUT2D eigenvalue weighted by molar-refractivity contribution is 6.18. The minimum Gasteiger partial charge on any atom is -0.469 e. The molecule has 0 spiro atoms. The average Bonchev–Trinajstić information content (AvgIpc) is 2.40. The smallest absolute Gasteiger partial charge is 0.106 e. The first-order valence-electron chi connectivity index (χ1n) is 3.09. The Morgan fingerprint density at radius 3 is 3.00 bits per heavy atom. The molecular formula is C7H9ClO2. The molecule has 0 amide bonds. The van der Waals surface area contributed by atoms with Gasteiger partial charge in [0.15, 0.2) is 0 Å². The standard InChI is InChI=1S/C7H9ClO2/c8-5-6(9)4-7-2-1-3-10-7/h1-3,6,9H,4-5H2. The number of rotatable bonds is 3. The predicted molar refractivity (Wildman–Crippen MR) is 39.1 cm³/mol. The molecule has 0 saturated heterocycles. The third-order valence-electron chi connectivity index (χ3n) is 1.20. The Labute approximate surface area is 64.4 Å². The summed E-state index contributed by atoms with van der Waals surface area (Å²) in [5.74, 6) is 1.02. The lowest BCUT2D eigenvalue weighted by Crippen LogP contribution is -2.10. The highest BCUT2D eigenvalue weighted by Crippen LogP contribution is 2.04. The Kier molecular flexibility index (Phi) is 2.78. The number of hydrogen-bond donors (Lipinski definition) is 1. The van der Waals surface area contributed by atoms with Gasteiger partial charge in [0.1, 0.15) is 5.76 Å². The summed E-state index contributed by atoms with van der Waals surface area (Å²) in [7, 11) is 0. The molecule has 0 bridgehead atoms. The SMILES string of the molecule is OC(CCl)Cc1ccco1. The van der Waals surface area contributed by atoms with Crippen molar-refractivity contribution in [1.29, 1.82) is 0 Å². The van der Waals surface area contributed by atoms with Crippen LogP contribution in [-0.2, 0) is 6.42 Å². The molecule has 0 aliphatic heterocycles. The molecule has 2 nitrogen and oxygen atoms in total. The summed E-state index contributed by atoms with van der Waals surface area (Å²) >= 11 is 5.38. The van der Waals surface area contributed by atoms with Gasteiger partial charge < -0.3 is 9.52 Å². The topological polar surface area (TPSA) is 33.4 Å². The van der Waals surface area contributed by atoms with Gasteiger partial charge in [-0.2, -0.15) is 0 Å². The van der Waals surface area contributed by atoms with E-state index in [4.69, 9.17) is 21.1 Å². The van der Waals surface area contributed by atoms with Crippen LogP contribution in [0.4, 0.5) is 0 Å². The second kappa shape index (κ2) is 3.64. The molecule has 0 fully saturated rings. The molecule has 1 aromatic heterocycles. The van der Waals surface area contributed by atoms with Crippen LogP contribution in [0.3, 0.4) is 0 Å². The second-order valence-electron chi connectivity index (χ2n) is 2.09. The van der Waals surface area contributed by atoms with E-state index in [1.54, 1.807) is 12.3 Å². The summed E-state index contributed by atoms with van der Waals surface area (Å²) in [4.78, 5) is 0. The number of furan rings is 1. The van der Waals surface area contributed by atoms with Crippen LogP contribution in [-0.4, -0.2) is 17.1 Å². The molecule has 1 aromatic rings. The zero-order valence-electron chi connectivity index (χ0n) is 5.46. The van der Waals surface area contributed by atoms with Crippen molar-refractivity contribution >= 4 is 11.6 Å². The molecule has 0 saturated carbocycles. The molecule has 3 heteroatoms. The Balaban J connectivity index is 2.40. The maximum absolute atomic E-state index is 9.04. The summed E-state index contributed by atoms with van der Waals surface area (Å²) in [6, 6.07) is 3.60. The summed E-state index contributed by atoms with van der Waals surface area (Å²) < 4.78 is 4.99. The molecule has 1 atom stereocenters. The van der Waals surface area contributed by atoms with E-state index in [0.717, 1.165) is 5.76 Å². The molecule has 1 N–H and O–H groups in total. The van der Waals surface area contributed by atoms with E-state index < -0.39 is 6.10 Å². The first-order chi connectivity index (χ1) is 4.83. The zero-order chi connectivity index (χ0) is 7.40. The van der Waals surface area contributed by atoms with Crippen molar-refractivity contribution in [3.63, 3.8) is 0 Å². The van der Waals surface area contributed by atoms with Crippen molar-refractivity contribution in [3.8, 4) is 0 Å². The van der Waals surface area contributed by atoms with Crippen molar-refractivity contribution in [1.82, 2.24) is 0 Å². The van der Waals surface area contributed by atoms with E-state index in [1.807, 2.05) is 6.07 Å².